The van der Waals surface area contributed by atoms with E-state index in [1.54, 1.807) is 12.1 Å². The second-order valence-electron chi connectivity index (χ2n) is 4.32. The molecule has 1 rings (SSSR count). The van der Waals surface area contributed by atoms with Crippen LogP contribution in [0.1, 0.15) is 31.1 Å². The zero-order chi connectivity index (χ0) is 11.5. The van der Waals surface area contributed by atoms with E-state index in [0.717, 1.165) is 0 Å². The molecule has 0 spiro atoms. The maximum atomic E-state index is 12.0. The van der Waals surface area contributed by atoms with Gasteiger partial charge in [0.25, 0.3) is 5.91 Å². The van der Waals surface area contributed by atoms with Crippen LogP contribution >= 0.6 is 0 Å². The van der Waals surface area contributed by atoms with Crippen LogP contribution in [0, 0.1) is 0 Å². The molecule has 0 saturated carbocycles. The topological polar surface area (TPSA) is 29.5 Å². The fourth-order valence-corrected chi connectivity index (χ4v) is 1.36. The first-order chi connectivity index (χ1) is 6.96. The quantitative estimate of drug-likeness (QED) is 0.697. The van der Waals surface area contributed by atoms with Gasteiger partial charge in [-0.15, -0.1) is 0 Å². The third kappa shape index (κ3) is 2.80. The summed E-state index contributed by atoms with van der Waals surface area (Å²) >= 11 is 0. The molecule has 0 aliphatic rings. The van der Waals surface area contributed by atoms with E-state index < -0.39 is 0 Å². The van der Waals surface area contributed by atoms with Gasteiger partial charge in [0, 0.05) is 5.56 Å². The number of rotatable bonds is 2. The minimum Gasteiger partial charge on any atom is -0.273 e. The van der Waals surface area contributed by atoms with Gasteiger partial charge in [-0.2, -0.15) is 0 Å². The highest BCUT2D eigenvalue weighted by Crippen LogP contribution is 2.16. The van der Waals surface area contributed by atoms with Crippen LogP contribution in [0.5, 0.6) is 0 Å². The summed E-state index contributed by atoms with van der Waals surface area (Å²) in [6.45, 7) is 5.78. The van der Waals surface area contributed by atoms with E-state index in [4.69, 9.17) is 4.84 Å². The number of hydroxylamine groups is 2. The predicted molar refractivity (Wildman–Crippen MR) is 59.4 cm³/mol. The van der Waals surface area contributed by atoms with Crippen LogP contribution in [0.3, 0.4) is 0 Å². The van der Waals surface area contributed by atoms with Gasteiger partial charge in [0.15, 0.2) is 0 Å². The van der Waals surface area contributed by atoms with Gasteiger partial charge in [0.05, 0.1) is 12.6 Å². The number of hydrogen-bond acceptors (Lipinski definition) is 2. The lowest BCUT2D eigenvalue weighted by molar-refractivity contribution is -0.146. The highest BCUT2D eigenvalue weighted by atomic mass is 16.7. The lowest BCUT2D eigenvalue weighted by Crippen LogP contribution is -2.44. The van der Waals surface area contributed by atoms with E-state index >= 15 is 0 Å². The second-order valence-corrected chi connectivity index (χ2v) is 4.32. The van der Waals surface area contributed by atoms with Crippen LogP contribution in [0.2, 0.25) is 0 Å². The molecule has 1 aromatic carbocycles. The molecular formula is C12H17NO2. The smallest absolute Gasteiger partial charge is 0.273 e. The molecule has 0 atom stereocenters. The van der Waals surface area contributed by atoms with E-state index in [2.05, 4.69) is 0 Å². The van der Waals surface area contributed by atoms with Crippen molar-refractivity contribution in [2.45, 2.75) is 26.3 Å². The Kier molecular flexibility index (Phi) is 3.48. The van der Waals surface area contributed by atoms with Gasteiger partial charge in [0.1, 0.15) is 0 Å². The first kappa shape index (κ1) is 11.7. The Hall–Kier alpha value is -1.35. The minimum atomic E-state index is -0.346. The SMILES string of the molecule is CON(C(=O)c1ccccc1)C(C)(C)C. The molecule has 0 unspecified atom stereocenters. The summed E-state index contributed by atoms with van der Waals surface area (Å²) in [6, 6.07) is 9.11. The first-order valence-corrected chi connectivity index (χ1v) is 4.90. The van der Waals surface area contributed by atoms with E-state index in [1.165, 1.54) is 12.2 Å². The van der Waals surface area contributed by atoms with Crippen LogP contribution in [-0.2, 0) is 4.84 Å². The van der Waals surface area contributed by atoms with Crippen molar-refractivity contribution in [2.24, 2.45) is 0 Å². The molecule has 0 bridgehead atoms. The molecule has 0 aromatic heterocycles. The molecule has 15 heavy (non-hydrogen) atoms. The van der Waals surface area contributed by atoms with Gasteiger partial charge < -0.3 is 0 Å². The molecule has 0 saturated heterocycles. The fraction of sp³-hybridized carbons (Fsp3) is 0.417. The molecule has 0 aliphatic heterocycles. The van der Waals surface area contributed by atoms with Crippen molar-refractivity contribution in [1.82, 2.24) is 5.06 Å². The molecule has 3 heteroatoms. The van der Waals surface area contributed by atoms with Gasteiger partial charge in [0.2, 0.25) is 0 Å². The monoisotopic (exact) mass is 207 g/mol. The molecule has 82 valence electrons. The zero-order valence-corrected chi connectivity index (χ0v) is 9.65. The molecule has 3 nitrogen and oxygen atoms in total. The number of carbonyl (C=O) groups excluding carboxylic acids is 1. The summed E-state index contributed by atoms with van der Waals surface area (Å²) in [5.74, 6) is -0.120. The molecule has 0 fully saturated rings. The molecule has 0 radical (unpaired) electrons. The maximum Gasteiger partial charge on any atom is 0.277 e. The Morgan fingerprint density at radius 2 is 1.73 bits per heavy atom. The van der Waals surface area contributed by atoms with Gasteiger partial charge >= 0.3 is 0 Å². The lowest BCUT2D eigenvalue weighted by atomic mass is 10.1. The highest BCUT2D eigenvalue weighted by molar-refractivity contribution is 5.93. The van der Waals surface area contributed by atoms with Gasteiger partial charge in [-0.25, -0.2) is 5.06 Å². The van der Waals surface area contributed by atoms with Crippen molar-refractivity contribution in [3.8, 4) is 0 Å². The Morgan fingerprint density at radius 3 is 2.13 bits per heavy atom. The van der Waals surface area contributed by atoms with E-state index in [1.807, 2.05) is 39.0 Å². The van der Waals surface area contributed by atoms with Crippen molar-refractivity contribution in [3.63, 3.8) is 0 Å². The number of carbonyl (C=O) groups is 1. The average molecular weight is 207 g/mol. The van der Waals surface area contributed by atoms with Crippen molar-refractivity contribution >= 4 is 5.91 Å². The van der Waals surface area contributed by atoms with Gasteiger partial charge in [-0.05, 0) is 32.9 Å². The van der Waals surface area contributed by atoms with Crippen molar-refractivity contribution < 1.29 is 9.63 Å². The van der Waals surface area contributed by atoms with E-state index in [9.17, 15) is 4.79 Å². The molecule has 0 aliphatic carbocycles. The summed E-state index contributed by atoms with van der Waals surface area (Å²) in [7, 11) is 1.51. The lowest BCUT2D eigenvalue weighted by Gasteiger charge is -2.32. The largest absolute Gasteiger partial charge is 0.277 e. The maximum absolute atomic E-state index is 12.0. The third-order valence-electron chi connectivity index (χ3n) is 2.00. The molecule has 0 heterocycles. The summed E-state index contributed by atoms with van der Waals surface area (Å²) in [5, 5.41) is 1.38. The standard InChI is InChI=1S/C12H17NO2/c1-12(2,3)13(15-4)11(14)10-8-6-5-7-9-10/h5-9H,1-4H3. The molecular weight excluding hydrogens is 190 g/mol. The Morgan fingerprint density at radius 1 is 1.20 bits per heavy atom. The van der Waals surface area contributed by atoms with Crippen LogP contribution in [0.25, 0.3) is 0 Å². The Bertz CT molecular complexity index is 327. The molecule has 1 aromatic rings. The Balaban J connectivity index is 2.93. The highest BCUT2D eigenvalue weighted by Gasteiger charge is 2.27. The second kappa shape index (κ2) is 4.45. The van der Waals surface area contributed by atoms with Crippen LogP contribution in [-0.4, -0.2) is 23.6 Å². The summed E-state index contributed by atoms with van der Waals surface area (Å²) in [5.41, 5.74) is 0.288. The number of nitrogens with zero attached hydrogens (tertiary/aromatic N) is 1. The molecule has 0 N–H and O–H groups in total. The summed E-state index contributed by atoms with van der Waals surface area (Å²) < 4.78 is 0. The Labute approximate surface area is 90.6 Å². The minimum absolute atomic E-state index is 0.120. The number of benzene rings is 1. The van der Waals surface area contributed by atoms with Crippen molar-refractivity contribution in [3.05, 3.63) is 35.9 Å². The average Bonchev–Trinajstić information content (AvgIpc) is 2.18. The summed E-state index contributed by atoms with van der Waals surface area (Å²) in [6.07, 6.45) is 0. The number of amides is 1. The third-order valence-corrected chi connectivity index (χ3v) is 2.00. The van der Waals surface area contributed by atoms with Crippen molar-refractivity contribution in [1.29, 1.82) is 0 Å². The normalized spacial score (nSPS) is 11.2. The van der Waals surface area contributed by atoms with E-state index in [0.29, 0.717) is 5.56 Å². The first-order valence-electron chi connectivity index (χ1n) is 4.90. The predicted octanol–water partition coefficient (Wildman–Crippen LogP) is 2.49. The van der Waals surface area contributed by atoms with Crippen LogP contribution in [0.4, 0.5) is 0 Å². The van der Waals surface area contributed by atoms with Crippen LogP contribution in [0.15, 0.2) is 30.3 Å². The van der Waals surface area contributed by atoms with Crippen LogP contribution < -0.4 is 0 Å². The van der Waals surface area contributed by atoms with Crippen molar-refractivity contribution in [2.75, 3.05) is 7.11 Å². The zero-order valence-electron chi connectivity index (χ0n) is 9.65. The fourth-order valence-electron chi connectivity index (χ4n) is 1.36. The number of hydrogen-bond donors (Lipinski definition) is 0. The molecule has 1 amide bonds. The van der Waals surface area contributed by atoms with Gasteiger partial charge in [-0.1, -0.05) is 18.2 Å². The summed E-state index contributed by atoms with van der Waals surface area (Å²) in [4.78, 5) is 17.1. The van der Waals surface area contributed by atoms with Gasteiger partial charge in [-0.3, -0.25) is 9.63 Å². The van der Waals surface area contributed by atoms with E-state index in [-0.39, 0.29) is 11.4 Å².